The first-order valence-corrected chi connectivity index (χ1v) is 10.7. The van der Waals surface area contributed by atoms with Crippen LogP contribution in [-0.4, -0.2) is 47.2 Å². The third-order valence-electron chi connectivity index (χ3n) is 6.11. The fourth-order valence-corrected chi connectivity index (χ4v) is 4.72. The molecule has 6 heteroatoms. The summed E-state index contributed by atoms with van der Waals surface area (Å²) in [6, 6.07) is 17.0. The number of fused-ring (bicyclic) bond motifs is 1. The number of piperidine rings is 1. The summed E-state index contributed by atoms with van der Waals surface area (Å²) in [6.07, 6.45) is 4.23. The van der Waals surface area contributed by atoms with Gasteiger partial charge in [0.05, 0.1) is 17.7 Å². The normalized spacial score (nSPS) is 20.6. The van der Waals surface area contributed by atoms with Crippen LogP contribution in [0, 0.1) is 0 Å². The van der Waals surface area contributed by atoms with Gasteiger partial charge in [-0.25, -0.2) is 0 Å². The van der Waals surface area contributed by atoms with Crippen molar-refractivity contribution in [2.45, 2.75) is 31.0 Å². The highest BCUT2D eigenvalue weighted by molar-refractivity contribution is 6.30. The van der Waals surface area contributed by atoms with E-state index in [-0.39, 0.29) is 17.6 Å². The molecule has 154 valence electrons. The van der Waals surface area contributed by atoms with Crippen LogP contribution in [-0.2, 0) is 4.74 Å². The summed E-state index contributed by atoms with van der Waals surface area (Å²) in [5.41, 5.74) is 1.35. The molecular weight excluding hydrogens is 400 g/mol. The summed E-state index contributed by atoms with van der Waals surface area (Å²) in [6.45, 7) is 1.92. The van der Waals surface area contributed by atoms with Crippen LogP contribution in [0.25, 0.3) is 10.9 Å². The Labute approximate surface area is 180 Å². The van der Waals surface area contributed by atoms with Crippen molar-refractivity contribution in [1.29, 1.82) is 0 Å². The van der Waals surface area contributed by atoms with Crippen molar-refractivity contribution in [2.24, 2.45) is 0 Å². The van der Waals surface area contributed by atoms with Crippen LogP contribution in [0.15, 0.2) is 60.8 Å². The number of carbonyl (C=O) groups is 1. The van der Waals surface area contributed by atoms with Crippen molar-refractivity contribution < 1.29 is 14.3 Å². The lowest BCUT2D eigenvalue weighted by molar-refractivity contribution is -0.0395. The van der Waals surface area contributed by atoms with E-state index in [0.29, 0.717) is 30.3 Å². The standard InChI is InChI=1S/C24H23ClN2O3/c25-17-4-1-5-18(14-17)30-19-15-24(29-16-19)9-12-27(13-10-24)23(28)21-6-2-8-22-20(21)7-3-11-26-22/h1-8,11,14,19H,9-10,12-13,15-16H2/t19-/m0/s1. The molecule has 1 atom stereocenters. The molecule has 0 radical (unpaired) electrons. The van der Waals surface area contributed by atoms with E-state index in [4.69, 9.17) is 21.1 Å². The Balaban J connectivity index is 1.23. The number of amides is 1. The van der Waals surface area contributed by atoms with Gasteiger partial charge in [0, 0.05) is 41.7 Å². The molecule has 0 aliphatic carbocycles. The summed E-state index contributed by atoms with van der Waals surface area (Å²) in [4.78, 5) is 19.5. The number of aromatic nitrogens is 1. The Hall–Kier alpha value is -2.63. The Morgan fingerprint density at radius 3 is 2.80 bits per heavy atom. The zero-order valence-electron chi connectivity index (χ0n) is 16.6. The van der Waals surface area contributed by atoms with Crippen LogP contribution >= 0.6 is 11.6 Å². The molecule has 2 saturated heterocycles. The third-order valence-corrected chi connectivity index (χ3v) is 6.35. The number of hydrogen-bond donors (Lipinski definition) is 0. The Morgan fingerprint density at radius 1 is 1.13 bits per heavy atom. The van der Waals surface area contributed by atoms with Gasteiger partial charge in [-0.2, -0.15) is 0 Å². The Bertz CT molecular complexity index is 1070. The van der Waals surface area contributed by atoms with E-state index < -0.39 is 0 Å². The first kappa shape index (κ1) is 19.3. The summed E-state index contributed by atoms with van der Waals surface area (Å²) >= 11 is 6.05. The minimum atomic E-state index is -0.208. The lowest BCUT2D eigenvalue weighted by Crippen LogP contribution is -2.46. The number of halogens is 1. The Morgan fingerprint density at radius 2 is 1.97 bits per heavy atom. The predicted molar refractivity (Wildman–Crippen MR) is 116 cm³/mol. The van der Waals surface area contributed by atoms with Crippen molar-refractivity contribution in [3.05, 3.63) is 71.4 Å². The number of nitrogens with zero attached hydrogens (tertiary/aromatic N) is 2. The highest BCUT2D eigenvalue weighted by Gasteiger charge is 2.44. The molecule has 2 aromatic carbocycles. The number of ether oxygens (including phenoxy) is 2. The maximum atomic E-state index is 13.2. The Kier molecular flexibility index (Phi) is 5.09. The van der Waals surface area contributed by atoms with Gasteiger partial charge in [-0.15, -0.1) is 0 Å². The molecule has 3 heterocycles. The van der Waals surface area contributed by atoms with Crippen molar-refractivity contribution in [1.82, 2.24) is 9.88 Å². The number of likely N-dealkylation sites (tertiary alicyclic amines) is 1. The summed E-state index contributed by atoms with van der Waals surface area (Å²) < 4.78 is 12.3. The van der Waals surface area contributed by atoms with E-state index in [9.17, 15) is 4.79 Å². The first-order chi connectivity index (χ1) is 14.6. The second-order valence-electron chi connectivity index (χ2n) is 8.06. The second kappa shape index (κ2) is 7.89. The number of rotatable bonds is 3. The van der Waals surface area contributed by atoms with E-state index in [1.54, 1.807) is 6.20 Å². The summed E-state index contributed by atoms with van der Waals surface area (Å²) in [7, 11) is 0. The SMILES string of the molecule is O=C(c1cccc2ncccc12)N1CCC2(CC1)C[C@H](Oc1cccc(Cl)c1)CO2. The van der Waals surface area contributed by atoms with Crippen molar-refractivity contribution in [3.8, 4) is 5.75 Å². The smallest absolute Gasteiger partial charge is 0.254 e. The van der Waals surface area contributed by atoms with Gasteiger partial charge in [0.1, 0.15) is 11.9 Å². The van der Waals surface area contributed by atoms with Gasteiger partial charge in [0.2, 0.25) is 0 Å². The second-order valence-corrected chi connectivity index (χ2v) is 8.50. The molecule has 2 fully saturated rings. The topological polar surface area (TPSA) is 51.7 Å². The van der Waals surface area contributed by atoms with Crippen LogP contribution in [0.2, 0.25) is 5.02 Å². The molecule has 2 aliphatic heterocycles. The fraction of sp³-hybridized carbons (Fsp3) is 0.333. The lowest BCUT2D eigenvalue weighted by Gasteiger charge is -2.38. The molecule has 0 N–H and O–H groups in total. The molecule has 3 aromatic rings. The molecule has 1 amide bonds. The van der Waals surface area contributed by atoms with Crippen molar-refractivity contribution in [3.63, 3.8) is 0 Å². The maximum absolute atomic E-state index is 13.2. The molecule has 1 aromatic heterocycles. The minimum absolute atomic E-state index is 0.00913. The average Bonchev–Trinajstić information content (AvgIpc) is 3.15. The molecule has 0 unspecified atom stereocenters. The van der Waals surface area contributed by atoms with Crippen LogP contribution in [0.5, 0.6) is 5.75 Å². The fourth-order valence-electron chi connectivity index (χ4n) is 4.54. The van der Waals surface area contributed by atoms with Gasteiger partial charge in [0.15, 0.2) is 0 Å². The van der Waals surface area contributed by atoms with E-state index >= 15 is 0 Å². The van der Waals surface area contributed by atoms with E-state index in [0.717, 1.165) is 35.9 Å². The van der Waals surface area contributed by atoms with Crippen LogP contribution in [0.1, 0.15) is 29.6 Å². The van der Waals surface area contributed by atoms with Gasteiger partial charge in [-0.1, -0.05) is 29.8 Å². The zero-order chi connectivity index (χ0) is 20.6. The highest BCUT2D eigenvalue weighted by Crippen LogP contribution is 2.38. The van der Waals surface area contributed by atoms with Crippen LogP contribution in [0.4, 0.5) is 0 Å². The minimum Gasteiger partial charge on any atom is -0.488 e. The summed E-state index contributed by atoms with van der Waals surface area (Å²) in [5, 5.41) is 1.56. The highest BCUT2D eigenvalue weighted by atomic mass is 35.5. The van der Waals surface area contributed by atoms with Gasteiger partial charge < -0.3 is 14.4 Å². The van der Waals surface area contributed by atoms with Gasteiger partial charge in [0.25, 0.3) is 5.91 Å². The number of hydrogen-bond acceptors (Lipinski definition) is 4. The summed E-state index contributed by atoms with van der Waals surface area (Å²) in [5.74, 6) is 0.832. The maximum Gasteiger partial charge on any atom is 0.254 e. The van der Waals surface area contributed by atoms with E-state index in [1.165, 1.54) is 0 Å². The molecule has 0 bridgehead atoms. The van der Waals surface area contributed by atoms with Gasteiger partial charge in [-0.05, 0) is 49.2 Å². The number of pyridine rings is 1. The molecule has 0 saturated carbocycles. The number of benzene rings is 2. The zero-order valence-corrected chi connectivity index (χ0v) is 17.3. The molecule has 30 heavy (non-hydrogen) atoms. The first-order valence-electron chi connectivity index (χ1n) is 10.3. The molecule has 5 nitrogen and oxygen atoms in total. The van der Waals surface area contributed by atoms with E-state index in [1.807, 2.05) is 59.5 Å². The molecule has 2 aliphatic rings. The predicted octanol–water partition coefficient (Wildman–Crippen LogP) is 4.73. The third kappa shape index (κ3) is 3.75. The van der Waals surface area contributed by atoms with Crippen molar-refractivity contribution in [2.75, 3.05) is 19.7 Å². The van der Waals surface area contributed by atoms with Gasteiger partial charge >= 0.3 is 0 Å². The average molecular weight is 423 g/mol. The quantitative estimate of drug-likeness (QED) is 0.612. The lowest BCUT2D eigenvalue weighted by atomic mass is 9.87. The van der Waals surface area contributed by atoms with Crippen molar-refractivity contribution >= 4 is 28.4 Å². The monoisotopic (exact) mass is 422 g/mol. The van der Waals surface area contributed by atoms with Crippen LogP contribution < -0.4 is 4.74 Å². The largest absolute Gasteiger partial charge is 0.488 e. The number of carbonyl (C=O) groups excluding carboxylic acids is 1. The van der Waals surface area contributed by atoms with Crippen LogP contribution in [0.3, 0.4) is 0 Å². The molecule has 1 spiro atoms. The molecular formula is C24H23ClN2O3. The molecule has 5 rings (SSSR count). The van der Waals surface area contributed by atoms with E-state index in [2.05, 4.69) is 4.98 Å². The van der Waals surface area contributed by atoms with Gasteiger partial charge in [-0.3, -0.25) is 9.78 Å².